The topological polar surface area (TPSA) is 35.2 Å². The van der Waals surface area contributed by atoms with E-state index in [9.17, 15) is 0 Å². The Balaban J connectivity index is 2.20. The van der Waals surface area contributed by atoms with Gasteiger partial charge in [0.05, 0.1) is 11.6 Å². The largest absolute Gasteiger partial charge is 0.376 e. The summed E-state index contributed by atoms with van der Waals surface area (Å²) in [4.78, 5) is 0. The minimum Gasteiger partial charge on any atom is -0.376 e. The fraction of sp³-hybridized carbons (Fsp3) is 0.667. The molecule has 0 aliphatic heterocycles. The highest BCUT2D eigenvalue weighted by Gasteiger charge is 2.38. The maximum absolute atomic E-state index is 6.59. The molecule has 1 aliphatic carbocycles. The molecule has 2 heteroatoms. The molecule has 0 aromatic heterocycles. The molecule has 1 aromatic rings. The zero-order valence-corrected chi connectivity index (χ0v) is 13.2. The molecule has 1 saturated carbocycles. The first-order valence-corrected chi connectivity index (χ1v) is 7.97. The van der Waals surface area contributed by atoms with Gasteiger partial charge in [0.1, 0.15) is 0 Å². The highest BCUT2D eigenvalue weighted by molar-refractivity contribution is 5.28. The predicted molar refractivity (Wildman–Crippen MR) is 84.7 cm³/mol. The lowest BCUT2D eigenvalue weighted by molar-refractivity contribution is -0.0595. The maximum Gasteiger partial charge on any atom is 0.0870 e. The molecule has 0 amide bonds. The smallest absolute Gasteiger partial charge is 0.0870 e. The van der Waals surface area contributed by atoms with E-state index in [1.54, 1.807) is 0 Å². The number of methoxy groups -OCH3 is 1. The van der Waals surface area contributed by atoms with E-state index in [1.807, 2.05) is 7.11 Å². The first kappa shape index (κ1) is 15.5. The average molecular weight is 275 g/mol. The van der Waals surface area contributed by atoms with Crippen LogP contribution in [0.3, 0.4) is 0 Å². The lowest BCUT2D eigenvalue weighted by Gasteiger charge is -2.41. The van der Waals surface area contributed by atoms with Gasteiger partial charge in [0, 0.05) is 7.11 Å². The number of hydrogen-bond acceptors (Lipinski definition) is 2. The van der Waals surface area contributed by atoms with Crippen molar-refractivity contribution in [3.05, 3.63) is 35.4 Å². The highest BCUT2D eigenvalue weighted by atomic mass is 16.5. The summed E-state index contributed by atoms with van der Waals surface area (Å²) in [7, 11) is 1.82. The Bertz CT molecular complexity index is 421. The van der Waals surface area contributed by atoms with Gasteiger partial charge in [-0.2, -0.15) is 0 Å². The van der Waals surface area contributed by atoms with Crippen molar-refractivity contribution < 1.29 is 4.74 Å². The molecule has 1 atom stereocenters. The van der Waals surface area contributed by atoms with E-state index in [0.29, 0.717) is 5.92 Å². The summed E-state index contributed by atoms with van der Waals surface area (Å²) in [5.74, 6) is 0.674. The van der Waals surface area contributed by atoms with Gasteiger partial charge in [-0.05, 0) is 36.3 Å². The second-order valence-corrected chi connectivity index (χ2v) is 6.65. The summed E-state index contributed by atoms with van der Waals surface area (Å²) < 4.78 is 5.89. The standard InChI is InChI=1S/C18H29NO/c1-14(2)12-15-8-7-9-16(13-15)17(19)18(20-3)10-5-4-6-11-18/h7-9,13-14,17H,4-6,10-12,19H2,1-3H3. The Morgan fingerprint density at radius 3 is 2.50 bits per heavy atom. The molecule has 0 heterocycles. The van der Waals surface area contributed by atoms with Crippen LogP contribution in [0.2, 0.25) is 0 Å². The van der Waals surface area contributed by atoms with Crippen molar-refractivity contribution in [3.8, 4) is 0 Å². The molecule has 0 spiro atoms. The van der Waals surface area contributed by atoms with Crippen LogP contribution in [0.4, 0.5) is 0 Å². The Morgan fingerprint density at radius 2 is 1.90 bits per heavy atom. The monoisotopic (exact) mass is 275 g/mol. The highest BCUT2D eigenvalue weighted by Crippen LogP contribution is 2.39. The SMILES string of the molecule is COC1(C(N)c2cccc(CC(C)C)c2)CCCCC1. The molecule has 1 unspecified atom stereocenters. The average Bonchev–Trinajstić information content (AvgIpc) is 2.47. The number of nitrogens with two attached hydrogens (primary N) is 1. The van der Waals surface area contributed by atoms with E-state index >= 15 is 0 Å². The minimum atomic E-state index is -0.158. The van der Waals surface area contributed by atoms with Gasteiger partial charge in [0.2, 0.25) is 0 Å². The van der Waals surface area contributed by atoms with Crippen molar-refractivity contribution in [1.29, 1.82) is 0 Å². The van der Waals surface area contributed by atoms with Gasteiger partial charge < -0.3 is 10.5 Å². The summed E-state index contributed by atoms with van der Waals surface area (Å²) in [6, 6.07) is 8.76. The van der Waals surface area contributed by atoms with Crippen LogP contribution in [0.25, 0.3) is 0 Å². The Labute approximate surface area is 123 Å². The molecule has 20 heavy (non-hydrogen) atoms. The van der Waals surface area contributed by atoms with Crippen molar-refractivity contribution in [3.63, 3.8) is 0 Å². The van der Waals surface area contributed by atoms with Crippen molar-refractivity contribution in [2.75, 3.05) is 7.11 Å². The molecule has 0 radical (unpaired) electrons. The van der Waals surface area contributed by atoms with Crippen molar-refractivity contribution in [2.45, 2.75) is 64.0 Å². The molecule has 0 saturated heterocycles. The van der Waals surface area contributed by atoms with Gasteiger partial charge in [-0.25, -0.2) is 0 Å². The molecular weight excluding hydrogens is 246 g/mol. The Kier molecular flexibility index (Phi) is 5.22. The minimum absolute atomic E-state index is 0.0140. The van der Waals surface area contributed by atoms with Crippen LogP contribution < -0.4 is 5.73 Å². The van der Waals surface area contributed by atoms with Crippen LogP contribution in [0.15, 0.2) is 24.3 Å². The molecule has 2 nitrogen and oxygen atoms in total. The second-order valence-electron chi connectivity index (χ2n) is 6.65. The van der Waals surface area contributed by atoms with Crippen LogP contribution in [0.5, 0.6) is 0 Å². The third-order valence-electron chi connectivity index (χ3n) is 4.63. The normalized spacial score (nSPS) is 20.1. The summed E-state index contributed by atoms with van der Waals surface area (Å²) >= 11 is 0. The molecule has 1 fully saturated rings. The van der Waals surface area contributed by atoms with Crippen molar-refractivity contribution >= 4 is 0 Å². The lowest BCUT2D eigenvalue weighted by Crippen LogP contribution is -2.44. The number of rotatable bonds is 5. The summed E-state index contributed by atoms with van der Waals surface area (Å²) in [6.45, 7) is 4.51. The van der Waals surface area contributed by atoms with Gasteiger partial charge in [0.15, 0.2) is 0 Å². The predicted octanol–water partition coefficient (Wildman–Crippen LogP) is 4.23. The molecule has 0 bridgehead atoms. The number of hydrogen-bond donors (Lipinski definition) is 1. The van der Waals surface area contributed by atoms with E-state index < -0.39 is 0 Å². The number of ether oxygens (including phenoxy) is 1. The van der Waals surface area contributed by atoms with E-state index in [0.717, 1.165) is 19.3 Å². The Morgan fingerprint density at radius 1 is 1.20 bits per heavy atom. The summed E-state index contributed by atoms with van der Waals surface area (Å²) in [5.41, 5.74) is 9.04. The fourth-order valence-corrected chi connectivity index (χ4v) is 3.48. The molecule has 1 aromatic carbocycles. The molecule has 2 N–H and O–H groups in total. The number of benzene rings is 1. The molecular formula is C18H29NO. The van der Waals surface area contributed by atoms with Gasteiger partial charge in [-0.3, -0.25) is 0 Å². The second kappa shape index (κ2) is 6.73. The summed E-state index contributed by atoms with van der Waals surface area (Å²) in [6.07, 6.45) is 7.05. The molecule has 112 valence electrons. The summed E-state index contributed by atoms with van der Waals surface area (Å²) in [5, 5.41) is 0. The van der Waals surface area contributed by atoms with E-state index in [-0.39, 0.29) is 11.6 Å². The quantitative estimate of drug-likeness (QED) is 0.872. The van der Waals surface area contributed by atoms with Gasteiger partial charge >= 0.3 is 0 Å². The lowest BCUT2D eigenvalue weighted by atomic mass is 9.76. The van der Waals surface area contributed by atoms with E-state index in [4.69, 9.17) is 10.5 Å². The third kappa shape index (κ3) is 3.42. The Hall–Kier alpha value is -0.860. The zero-order chi connectivity index (χ0) is 14.6. The van der Waals surface area contributed by atoms with E-state index in [2.05, 4.69) is 38.1 Å². The molecule has 2 rings (SSSR count). The van der Waals surface area contributed by atoms with Gasteiger partial charge in [-0.1, -0.05) is 57.4 Å². The first-order chi connectivity index (χ1) is 9.57. The maximum atomic E-state index is 6.59. The van der Waals surface area contributed by atoms with Gasteiger partial charge in [0.25, 0.3) is 0 Å². The van der Waals surface area contributed by atoms with Crippen LogP contribution in [0, 0.1) is 5.92 Å². The first-order valence-electron chi connectivity index (χ1n) is 7.97. The fourth-order valence-electron chi connectivity index (χ4n) is 3.48. The van der Waals surface area contributed by atoms with Crippen molar-refractivity contribution in [2.24, 2.45) is 11.7 Å². The van der Waals surface area contributed by atoms with Crippen molar-refractivity contribution in [1.82, 2.24) is 0 Å². The van der Waals surface area contributed by atoms with Crippen LogP contribution in [-0.2, 0) is 11.2 Å². The molecule has 1 aliphatic rings. The van der Waals surface area contributed by atoms with Crippen LogP contribution in [0.1, 0.15) is 63.1 Å². The zero-order valence-electron chi connectivity index (χ0n) is 13.2. The van der Waals surface area contributed by atoms with E-state index in [1.165, 1.54) is 30.4 Å². The third-order valence-corrected chi connectivity index (χ3v) is 4.63. The van der Waals surface area contributed by atoms with Crippen LogP contribution in [-0.4, -0.2) is 12.7 Å². The van der Waals surface area contributed by atoms with Crippen LogP contribution >= 0.6 is 0 Å². The van der Waals surface area contributed by atoms with Gasteiger partial charge in [-0.15, -0.1) is 0 Å².